The lowest BCUT2D eigenvalue weighted by Gasteiger charge is -2.24. The zero-order valence-corrected chi connectivity index (χ0v) is 20.5. The predicted molar refractivity (Wildman–Crippen MR) is 129 cm³/mol. The van der Waals surface area contributed by atoms with Crippen molar-refractivity contribution in [2.24, 2.45) is 11.1 Å². The zero-order valence-electron chi connectivity index (χ0n) is 19.7. The lowest BCUT2D eigenvalue weighted by atomic mass is 9.94. The summed E-state index contributed by atoms with van der Waals surface area (Å²) in [4.78, 5) is 13.0. The van der Waals surface area contributed by atoms with Crippen LogP contribution in [0.2, 0.25) is 0 Å². The summed E-state index contributed by atoms with van der Waals surface area (Å²) in [6.07, 6.45) is 1.49. The van der Waals surface area contributed by atoms with E-state index in [1.807, 2.05) is 31.2 Å². The highest BCUT2D eigenvalue weighted by Crippen LogP contribution is 2.31. The number of carbonyl (C=O) groups excluding carboxylic acids is 1. The van der Waals surface area contributed by atoms with Crippen LogP contribution >= 0.6 is 0 Å². The summed E-state index contributed by atoms with van der Waals surface area (Å²) in [7, 11) is -3.83. The smallest absolute Gasteiger partial charge is 0.337 e. The number of ether oxygens (including phenoxy) is 1. The number of hydrogen-bond acceptors (Lipinski definition) is 6. The van der Waals surface area contributed by atoms with Gasteiger partial charge in [0.15, 0.2) is 0 Å². The molecule has 1 aliphatic heterocycles. The molecule has 0 amide bonds. The maximum atomic E-state index is 12.9. The first kappa shape index (κ1) is 25.0. The predicted octanol–water partition coefficient (Wildman–Crippen LogP) is 3.62. The van der Waals surface area contributed by atoms with Gasteiger partial charge >= 0.3 is 5.97 Å². The van der Waals surface area contributed by atoms with E-state index in [1.165, 1.54) is 6.07 Å². The first-order valence-electron chi connectivity index (χ1n) is 11.3. The second kappa shape index (κ2) is 10.5. The van der Waals surface area contributed by atoms with Crippen molar-refractivity contribution in [1.29, 1.82) is 0 Å². The second-order valence-corrected chi connectivity index (χ2v) is 10.0. The molecule has 2 aromatic carbocycles. The summed E-state index contributed by atoms with van der Waals surface area (Å²) in [6, 6.07) is 14.3. The highest BCUT2D eigenvalue weighted by molar-refractivity contribution is 7.89. The van der Waals surface area contributed by atoms with Gasteiger partial charge in [-0.1, -0.05) is 63.2 Å². The Morgan fingerprint density at radius 2 is 1.79 bits per heavy atom. The Morgan fingerprint density at radius 3 is 2.36 bits per heavy atom. The zero-order chi connectivity index (χ0) is 24.2. The molecular weight excluding hydrogens is 438 g/mol. The van der Waals surface area contributed by atoms with Crippen molar-refractivity contribution in [1.82, 2.24) is 10.4 Å². The number of benzene rings is 2. The van der Waals surface area contributed by atoms with Gasteiger partial charge in [-0.15, -0.1) is 0 Å². The quantitative estimate of drug-likeness (QED) is 0.542. The standard InChI is InChI=1S/C25H33N3O4S/c1-5-15-28-21(23(25(29)32-6-2)24(27-28)17(3)4)16-18-11-13-19(14-12-18)20-9-7-8-10-22(20)33(26,30)31/h7-14,17,24,27H,5-6,15-16H2,1-4H3,(H2,26,30,31). The Labute approximate surface area is 196 Å². The van der Waals surface area contributed by atoms with E-state index in [1.54, 1.807) is 18.2 Å². The summed E-state index contributed by atoms with van der Waals surface area (Å²) >= 11 is 0. The van der Waals surface area contributed by atoms with Crippen molar-refractivity contribution in [3.05, 3.63) is 65.4 Å². The van der Waals surface area contributed by atoms with E-state index in [0.717, 1.165) is 29.8 Å². The first-order chi connectivity index (χ1) is 15.7. The molecule has 3 N–H and O–H groups in total. The third kappa shape index (κ3) is 5.63. The molecule has 1 heterocycles. The lowest BCUT2D eigenvalue weighted by molar-refractivity contribution is -0.139. The molecule has 3 rings (SSSR count). The first-order valence-corrected chi connectivity index (χ1v) is 12.9. The molecule has 0 fully saturated rings. The topological polar surface area (TPSA) is 102 Å². The molecular formula is C25H33N3O4S. The Bertz CT molecular complexity index is 1120. The van der Waals surface area contributed by atoms with E-state index in [9.17, 15) is 13.2 Å². The molecule has 0 spiro atoms. The number of primary sulfonamides is 1. The van der Waals surface area contributed by atoms with Crippen LogP contribution in [0.3, 0.4) is 0 Å². The highest BCUT2D eigenvalue weighted by Gasteiger charge is 2.37. The molecule has 1 aliphatic rings. The minimum Gasteiger partial charge on any atom is -0.463 e. The van der Waals surface area contributed by atoms with Crippen LogP contribution in [-0.2, 0) is 26.0 Å². The largest absolute Gasteiger partial charge is 0.463 e. The van der Waals surface area contributed by atoms with Gasteiger partial charge in [0.05, 0.1) is 23.1 Å². The average molecular weight is 472 g/mol. The van der Waals surface area contributed by atoms with E-state index >= 15 is 0 Å². The van der Waals surface area contributed by atoms with Crippen LogP contribution < -0.4 is 10.6 Å². The summed E-state index contributed by atoms with van der Waals surface area (Å²) < 4.78 is 29.3. The number of sulfonamides is 1. The van der Waals surface area contributed by atoms with Crippen LogP contribution in [0.25, 0.3) is 11.1 Å². The van der Waals surface area contributed by atoms with E-state index in [2.05, 4.69) is 31.2 Å². The van der Waals surface area contributed by atoms with Crippen LogP contribution in [-0.4, -0.2) is 38.6 Å². The minimum atomic E-state index is -3.83. The lowest BCUT2D eigenvalue weighted by Crippen LogP contribution is -2.41. The van der Waals surface area contributed by atoms with Gasteiger partial charge in [0.1, 0.15) is 0 Å². The number of carbonyl (C=O) groups is 1. The van der Waals surface area contributed by atoms with Crippen molar-refractivity contribution in [3.63, 3.8) is 0 Å². The molecule has 0 bridgehead atoms. The highest BCUT2D eigenvalue weighted by atomic mass is 32.2. The fraction of sp³-hybridized carbons (Fsp3) is 0.400. The minimum absolute atomic E-state index is 0.0962. The number of esters is 1. The summed E-state index contributed by atoms with van der Waals surface area (Å²) in [6.45, 7) is 9.19. The van der Waals surface area contributed by atoms with Gasteiger partial charge < -0.3 is 9.75 Å². The molecule has 0 radical (unpaired) electrons. The SMILES string of the molecule is CCCN1NC(C(C)C)C(C(=O)OCC)=C1Cc1ccc(-c2ccccc2S(N)(=O)=O)cc1. The van der Waals surface area contributed by atoms with Gasteiger partial charge in [-0.05, 0) is 36.5 Å². The molecule has 178 valence electrons. The molecule has 1 unspecified atom stereocenters. The maximum absolute atomic E-state index is 12.9. The van der Waals surface area contributed by atoms with Gasteiger partial charge in [-0.3, -0.25) is 0 Å². The Kier molecular flexibility index (Phi) is 7.94. The molecule has 2 aromatic rings. The van der Waals surface area contributed by atoms with E-state index in [4.69, 9.17) is 9.88 Å². The van der Waals surface area contributed by atoms with E-state index < -0.39 is 10.0 Å². The number of hydrazine groups is 1. The number of nitrogens with two attached hydrogens (primary N) is 1. The Morgan fingerprint density at radius 1 is 1.12 bits per heavy atom. The fourth-order valence-corrected chi connectivity index (χ4v) is 4.89. The van der Waals surface area contributed by atoms with Crippen molar-refractivity contribution < 1.29 is 17.9 Å². The van der Waals surface area contributed by atoms with Crippen molar-refractivity contribution in [3.8, 4) is 11.1 Å². The Hall–Kier alpha value is -2.68. The normalized spacial score (nSPS) is 16.5. The van der Waals surface area contributed by atoms with Crippen molar-refractivity contribution >= 4 is 16.0 Å². The van der Waals surface area contributed by atoms with Crippen molar-refractivity contribution in [2.45, 2.75) is 51.5 Å². The number of nitrogens with one attached hydrogen (secondary N) is 1. The average Bonchev–Trinajstić information content (AvgIpc) is 3.12. The van der Waals surface area contributed by atoms with Crippen LogP contribution in [0, 0.1) is 5.92 Å². The fourth-order valence-electron chi connectivity index (χ4n) is 4.13. The molecule has 1 atom stereocenters. The number of allylic oxidation sites excluding steroid dienone is 1. The van der Waals surface area contributed by atoms with Gasteiger partial charge in [-0.2, -0.15) is 0 Å². The number of hydrogen-bond donors (Lipinski definition) is 2. The van der Waals surface area contributed by atoms with Crippen LogP contribution in [0.15, 0.2) is 64.7 Å². The molecule has 33 heavy (non-hydrogen) atoms. The molecule has 7 nitrogen and oxygen atoms in total. The van der Waals surface area contributed by atoms with Gasteiger partial charge in [0.2, 0.25) is 10.0 Å². The van der Waals surface area contributed by atoms with Gasteiger partial charge in [-0.25, -0.2) is 23.8 Å². The van der Waals surface area contributed by atoms with E-state index in [0.29, 0.717) is 24.2 Å². The van der Waals surface area contributed by atoms with Crippen LogP contribution in [0.1, 0.15) is 39.7 Å². The third-order valence-corrected chi connectivity index (χ3v) is 6.65. The summed E-state index contributed by atoms with van der Waals surface area (Å²) in [5.41, 5.74) is 7.43. The Balaban J connectivity index is 1.97. The van der Waals surface area contributed by atoms with Crippen molar-refractivity contribution in [2.75, 3.05) is 13.2 Å². The molecule has 0 aromatic heterocycles. The molecule has 8 heteroatoms. The number of rotatable bonds is 9. The second-order valence-electron chi connectivity index (χ2n) is 8.50. The monoisotopic (exact) mass is 471 g/mol. The summed E-state index contributed by atoms with van der Waals surface area (Å²) in [5.74, 6) is -0.0608. The number of nitrogens with zero attached hydrogens (tertiary/aromatic N) is 1. The molecule has 0 saturated carbocycles. The van der Waals surface area contributed by atoms with Gasteiger partial charge in [0, 0.05) is 24.2 Å². The molecule has 0 aliphatic carbocycles. The maximum Gasteiger partial charge on any atom is 0.337 e. The van der Waals surface area contributed by atoms with Crippen LogP contribution in [0.5, 0.6) is 0 Å². The van der Waals surface area contributed by atoms with Gasteiger partial charge in [0.25, 0.3) is 0 Å². The van der Waals surface area contributed by atoms with E-state index in [-0.39, 0.29) is 22.8 Å². The van der Waals surface area contributed by atoms with Crippen LogP contribution in [0.4, 0.5) is 0 Å². The third-order valence-electron chi connectivity index (χ3n) is 5.68. The summed E-state index contributed by atoms with van der Waals surface area (Å²) in [5, 5.41) is 7.46. The molecule has 0 saturated heterocycles.